The first-order chi connectivity index (χ1) is 17.1. The molecule has 1 N–H and O–H groups in total. The molecule has 1 aromatic carbocycles. The Balaban J connectivity index is 1.87. The van der Waals surface area contributed by atoms with Crippen molar-refractivity contribution in [2.75, 3.05) is 24.7 Å². The molecule has 3 fully saturated rings. The van der Waals surface area contributed by atoms with E-state index in [1.54, 1.807) is 17.9 Å². The summed E-state index contributed by atoms with van der Waals surface area (Å²) in [6, 6.07) is 4.35. The zero-order chi connectivity index (χ0) is 26.4. The molecule has 1 aromatic rings. The number of hydrogen-bond donors (Lipinski definition) is 1. The molecule has 36 heavy (non-hydrogen) atoms. The smallest absolute Gasteiger partial charge is 0.312 e. The Hall–Kier alpha value is -2.71. The number of amides is 2. The maximum atomic E-state index is 14.5. The van der Waals surface area contributed by atoms with Gasteiger partial charge >= 0.3 is 5.97 Å². The molecular formula is C28H38N2O6. The van der Waals surface area contributed by atoms with E-state index in [4.69, 9.17) is 9.47 Å². The maximum absolute atomic E-state index is 14.5. The Morgan fingerprint density at radius 2 is 2.06 bits per heavy atom. The van der Waals surface area contributed by atoms with Crippen molar-refractivity contribution in [3.63, 3.8) is 0 Å². The van der Waals surface area contributed by atoms with Gasteiger partial charge in [0.1, 0.15) is 17.6 Å². The number of benzene rings is 1. The number of aryl methyl sites for hydroxylation is 2. The summed E-state index contributed by atoms with van der Waals surface area (Å²) in [6.45, 7) is 13.4. The van der Waals surface area contributed by atoms with Gasteiger partial charge in [-0.2, -0.15) is 0 Å². The quantitative estimate of drug-likeness (QED) is 0.416. The number of rotatable bonds is 9. The molecule has 2 unspecified atom stereocenters. The van der Waals surface area contributed by atoms with Gasteiger partial charge in [-0.05, 0) is 64.2 Å². The highest BCUT2D eigenvalue weighted by molar-refractivity contribution is 6.05. The van der Waals surface area contributed by atoms with E-state index < -0.39 is 41.1 Å². The van der Waals surface area contributed by atoms with Gasteiger partial charge in [-0.1, -0.05) is 25.1 Å². The minimum absolute atomic E-state index is 0.194. The summed E-state index contributed by atoms with van der Waals surface area (Å²) in [7, 11) is 0. The van der Waals surface area contributed by atoms with Crippen LogP contribution in [-0.2, 0) is 23.9 Å². The number of hydrogen-bond acceptors (Lipinski definition) is 6. The van der Waals surface area contributed by atoms with Crippen LogP contribution in [0.15, 0.2) is 30.9 Å². The van der Waals surface area contributed by atoms with E-state index in [2.05, 4.69) is 6.58 Å². The first kappa shape index (κ1) is 26.4. The third-order valence-electron chi connectivity index (χ3n) is 8.30. The topological polar surface area (TPSA) is 96.4 Å². The number of anilines is 1. The number of fused-ring (bicyclic) bond motifs is 1. The molecular weight excluding hydrogens is 460 g/mol. The largest absolute Gasteiger partial charge is 0.466 e. The summed E-state index contributed by atoms with van der Waals surface area (Å²) in [5, 5.41) is 10.2. The van der Waals surface area contributed by atoms with Crippen molar-refractivity contribution < 1.29 is 29.0 Å². The van der Waals surface area contributed by atoms with Crippen molar-refractivity contribution in [2.24, 2.45) is 11.8 Å². The summed E-state index contributed by atoms with van der Waals surface area (Å²) in [6.07, 6.45) is 3.13. The molecule has 3 heterocycles. The van der Waals surface area contributed by atoms with Gasteiger partial charge in [0, 0.05) is 12.2 Å². The molecule has 0 saturated carbocycles. The van der Waals surface area contributed by atoms with Crippen LogP contribution >= 0.6 is 0 Å². The van der Waals surface area contributed by atoms with E-state index in [9.17, 15) is 19.5 Å². The highest BCUT2D eigenvalue weighted by atomic mass is 16.6. The Kier molecular flexibility index (Phi) is 7.05. The Morgan fingerprint density at radius 3 is 2.67 bits per heavy atom. The zero-order valence-corrected chi connectivity index (χ0v) is 22.0. The van der Waals surface area contributed by atoms with Crippen molar-refractivity contribution in [1.29, 1.82) is 0 Å². The van der Waals surface area contributed by atoms with Crippen molar-refractivity contribution in [3.05, 3.63) is 42.0 Å². The molecule has 1 spiro atoms. The van der Waals surface area contributed by atoms with Gasteiger partial charge in [0.2, 0.25) is 5.91 Å². The van der Waals surface area contributed by atoms with Gasteiger partial charge in [0.25, 0.3) is 5.91 Å². The minimum atomic E-state index is -1.17. The molecule has 2 amide bonds. The predicted octanol–water partition coefficient (Wildman–Crippen LogP) is 2.92. The predicted molar refractivity (Wildman–Crippen MR) is 135 cm³/mol. The van der Waals surface area contributed by atoms with E-state index >= 15 is 0 Å². The second-order valence-corrected chi connectivity index (χ2v) is 10.5. The van der Waals surface area contributed by atoms with Crippen LogP contribution in [0.5, 0.6) is 0 Å². The van der Waals surface area contributed by atoms with Crippen LogP contribution in [0.3, 0.4) is 0 Å². The standard InChI is InChI=1S/C28H38N2O6/c1-7-14-29(20-15-17(4)10-11-18(20)5)25(33)23-28-13-12-27(6,36-28)22(26(34)35-9-3)21(28)24(32)30(23)19(8-2)16-31/h7,10-11,15,19,21-23,31H,1,8-9,12-14,16H2,2-6H3/t19-,21-,22+,23?,27-,28?/m0/s1. The molecule has 8 heteroatoms. The first-order valence-corrected chi connectivity index (χ1v) is 12.9. The van der Waals surface area contributed by atoms with Crippen molar-refractivity contribution >= 4 is 23.5 Å². The van der Waals surface area contributed by atoms with Gasteiger partial charge in [-0.3, -0.25) is 14.4 Å². The third-order valence-corrected chi connectivity index (χ3v) is 8.30. The summed E-state index contributed by atoms with van der Waals surface area (Å²) >= 11 is 0. The summed E-state index contributed by atoms with van der Waals surface area (Å²) in [4.78, 5) is 44.9. The van der Waals surface area contributed by atoms with Gasteiger partial charge in [-0.15, -0.1) is 6.58 Å². The fourth-order valence-electron chi connectivity index (χ4n) is 6.63. The van der Waals surface area contributed by atoms with Crippen LogP contribution in [0.4, 0.5) is 5.69 Å². The fourth-order valence-corrected chi connectivity index (χ4v) is 6.63. The molecule has 8 nitrogen and oxygen atoms in total. The molecule has 3 saturated heterocycles. The number of nitrogens with zero attached hydrogens (tertiary/aromatic N) is 2. The van der Waals surface area contributed by atoms with Crippen LogP contribution in [0.2, 0.25) is 0 Å². The summed E-state index contributed by atoms with van der Waals surface area (Å²) in [5.74, 6) is -2.73. The van der Waals surface area contributed by atoms with E-state index in [1.807, 2.05) is 45.9 Å². The van der Waals surface area contributed by atoms with Gasteiger partial charge in [0.15, 0.2) is 0 Å². The monoisotopic (exact) mass is 498 g/mol. The highest BCUT2D eigenvalue weighted by Crippen LogP contribution is 2.63. The van der Waals surface area contributed by atoms with Crippen LogP contribution in [0.25, 0.3) is 0 Å². The Bertz CT molecular complexity index is 1070. The molecule has 3 aliphatic heterocycles. The number of aliphatic hydroxyl groups is 1. The third kappa shape index (κ3) is 3.77. The molecule has 4 rings (SSSR count). The van der Waals surface area contributed by atoms with Crippen molar-refractivity contribution in [1.82, 2.24) is 4.90 Å². The number of carbonyl (C=O) groups is 3. The minimum Gasteiger partial charge on any atom is -0.466 e. The maximum Gasteiger partial charge on any atom is 0.312 e. The van der Waals surface area contributed by atoms with E-state index in [0.29, 0.717) is 19.3 Å². The summed E-state index contributed by atoms with van der Waals surface area (Å²) < 4.78 is 12.0. The highest BCUT2D eigenvalue weighted by Gasteiger charge is 2.79. The van der Waals surface area contributed by atoms with E-state index in [-0.39, 0.29) is 31.6 Å². The van der Waals surface area contributed by atoms with Crippen LogP contribution < -0.4 is 4.90 Å². The molecule has 2 bridgehead atoms. The number of carbonyl (C=O) groups excluding carboxylic acids is 3. The first-order valence-electron chi connectivity index (χ1n) is 12.9. The zero-order valence-electron chi connectivity index (χ0n) is 22.0. The van der Waals surface area contributed by atoms with Crippen LogP contribution in [0, 0.1) is 25.7 Å². The second-order valence-electron chi connectivity index (χ2n) is 10.5. The molecule has 3 aliphatic rings. The van der Waals surface area contributed by atoms with Crippen molar-refractivity contribution in [3.8, 4) is 0 Å². The second kappa shape index (κ2) is 9.63. The number of esters is 1. The van der Waals surface area contributed by atoms with Crippen LogP contribution in [-0.4, -0.2) is 70.8 Å². The lowest BCUT2D eigenvalue weighted by Crippen LogP contribution is -2.59. The number of likely N-dealkylation sites (tertiary alicyclic amines) is 1. The average Bonchev–Trinajstić information content (AvgIpc) is 3.41. The normalized spacial score (nSPS) is 31.3. The van der Waals surface area contributed by atoms with Gasteiger partial charge in [0.05, 0.1) is 30.8 Å². The SMILES string of the molecule is C=CCN(C(=O)C1N([C@@H](CC)CO)C(=O)[C@@H]2[C@H](C(=O)OCC)[C@]3(C)CCC12O3)c1cc(C)ccc1C. The molecule has 0 aromatic heterocycles. The lowest BCUT2D eigenvalue weighted by molar-refractivity contribution is -0.160. The number of ether oxygens (including phenoxy) is 2. The number of aliphatic hydroxyl groups excluding tert-OH is 1. The fraction of sp³-hybridized carbons (Fsp3) is 0.607. The summed E-state index contributed by atoms with van der Waals surface area (Å²) in [5.41, 5.74) is 0.608. The Morgan fingerprint density at radius 1 is 1.33 bits per heavy atom. The molecule has 196 valence electrons. The molecule has 0 radical (unpaired) electrons. The van der Waals surface area contributed by atoms with Gasteiger partial charge < -0.3 is 24.4 Å². The lowest BCUT2D eigenvalue weighted by atomic mass is 9.66. The van der Waals surface area contributed by atoms with E-state index in [0.717, 1.165) is 16.8 Å². The average molecular weight is 499 g/mol. The molecule has 0 aliphatic carbocycles. The lowest BCUT2D eigenvalue weighted by Gasteiger charge is -2.39. The van der Waals surface area contributed by atoms with Gasteiger partial charge in [-0.25, -0.2) is 0 Å². The molecule has 6 atom stereocenters. The van der Waals surface area contributed by atoms with Crippen molar-refractivity contribution in [2.45, 2.75) is 77.2 Å². The van der Waals surface area contributed by atoms with Crippen LogP contribution in [0.1, 0.15) is 51.2 Å². The van der Waals surface area contributed by atoms with E-state index in [1.165, 1.54) is 4.90 Å². The Labute approximate surface area is 213 Å².